The average molecular weight is 289 g/mol. The predicted molar refractivity (Wildman–Crippen MR) is 89.8 cm³/mol. The van der Waals surface area contributed by atoms with Crippen LogP contribution in [-0.4, -0.2) is 19.7 Å². The molecule has 0 radical (unpaired) electrons. The highest BCUT2D eigenvalue weighted by molar-refractivity contribution is 5.27. The van der Waals surface area contributed by atoms with Gasteiger partial charge in [-0.15, -0.1) is 0 Å². The largest absolute Gasteiger partial charge is 0.497 e. The molecule has 0 amide bonds. The van der Waals surface area contributed by atoms with E-state index < -0.39 is 0 Å². The maximum Gasteiger partial charge on any atom is 0.118 e. The molecule has 118 valence electrons. The second kappa shape index (κ2) is 7.84. The summed E-state index contributed by atoms with van der Waals surface area (Å²) < 4.78 is 5.21. The van der Waals surface area contributed by atoms with E-state index in [1.807, 2.05) is 0 Å². The molecule has 1 aliphatic carbocycles. The highest BCUT2D eigenvalue weighted by Crippen LogP contribution is 2.33. The number of rotatable bonds is 6. The molecule has 1 saturated carbocycles. The van der Waals surface area contributed by atoms with E-state index in [0.29, 0.717) is 6.04 Å². The van der Waals surface area contributed by atoms with Crippen LogP contribution in [0, 0.1) is 17.8 Å². The summed E-state index contributed by atoms with van der Waals surface area (Å²) in [6, 6.07) is 9.14. The van der Waals surface area contributed by atoms with Crippen molar-refractivity contribution in [2.45, 2.75) is 52.5 Å². The molecule has 1 fully saturated rings. The van der Waals surface area contributed by atoms with E-state index in [-0.39, 0.29) is 0 Å². The summed E-state index contributed by atoms with van der Waals surface area (Å²) in [5, 5.41) is 3.83. The maximum absolute atomic E-state index is 5.21. The van der Waals surface area contributed by atoms with Crippen LogP contribution in [0.3, 0.4) is 0 Å². The third-order valence-electron chi connectivity index (χ3n) is 5.00. The summed E-state index contributed by atoms with van der Waals surface area (Å²) in [6.45, 7) is 8.22. The average Bonchev–Trinajstić information content (AvgIpc) is 2.48. The zero-order valence-corrected chi connectivity index (χ0v) is 14.1. The maximum atomic E-state index is 5.21. The third kappa shape index (κ3) is 4.74. The van der Waals surface area contributed by atoms with Gasteiger partial charge in [-0.3, -0.25) is 0 Å². The summed E-state index contributed by atoms with van der Waals surface area (Å²) in [7, 11) is 1.72. The smallest absolute Gasteiger partial charge is 0.118 e. The lowest BCUT2D eigenvalue weighted by Gasteiger charge is -2.38. The number of methoxy groups -OCH3 is 1. The van der Waals surface area contributed by atoms with Crippen LogP contribution in [0.5, 0.6) is 5.75 Å². The first-order valence-corrected chi connectivity index (χ1v) is 8.46. The second-order valence-electron chi connectivity index (χ2n) is 6.98. The van der Waals surface area contributed by atoms with Gasteiger partial charge in [-0.1, -0.05) is 39.3 Å². The van der Waals surface area contributed by atoms with Gasteiger partial charge in [0, 0.05) is 6.04 Å². The molecule has 1 N–H and O–H groups in total. The Kier molecular flexibility index (Phi) is 6.10. The lowest BCUT2D eigenvalue weighted by Crippen LogP contribution is -2.43. The van der Waals surface area contributed by atoms with Crippen LogP contribution in [0.15, 0.2) is 24.3 Å². The SMILES string of the molecule is COc1ccc(CCNC2CC(C)CCC2C(C)C)cc1. The van der Waals surface area contributed by atoms with E-state index in [2.05, 4.69) is 50.4 Å². The Hall–Kier alpha value is -1.02. The predicted octanol–water partition coefficient (Wildman–Crippen LogP) is 4.29. The Bertz CT molecular complexity index is 412. The van der Waals surface area contributed by atoms with Crippen molar-refractivity contribution in [2.24, 2.45) is 17.8 Å². The van der Waals surface area contributed by atoms with E-state index in [0.717, 1.165) is 36.5 Å². The molecule has 1 aromatic carbocycles. The van der Waals surface area contributed by atoms with Crippen LogP contribution >= 0.6 is 0 Å². The van der Waals surface area contributed by atoms with Gasteiger partial charge in [0.1, 0.15) is 5.75 Å². The van der Waals surface area contributed by atoms with E-state index in [1.165, 1.54) is 24.8 Å². The van der Waals surface area contributed by atoms with Gasteiger partial charge in [-0.25, -0.2) is 0 Å². The van der Waals surface area contributed by atoms with Crippen LogP contribution in [0.2, 0.25) is 0 Å². The molecule has 2 heteroatoms. The number of nitrogens with one attached hydrogen (secondary N) is 1. The zero-order chi connectivity index (χ0) is 15.2. The molecule has 21 heavy (non-hydrogen) atoms. The fourth-order valence-corrected chi connectivity index (χ4v) is 3.63. The standard InChI is InChI=1S/C19H31NO/c1-14(2)18-10-5-15(3)13-19(18)20-12-11-16-6-8-17(21-4)9-7-16/h6-9,14-15,18-20H,5,10-13H2,1-4H3. The molecule has 2 rings (SSSR count). The molecular formula is C19H31NO. The van der Waals surface area contributed by atoms with Crippen LogP contribution in [0.1, 0.15) is 45.6 Å². The second-order valence-corrected chi connectivity index (χ2v) is 6.98. The zero-order valence-electron chi connectivity index (χ0n) is 14.1. The lowest BCUT2D eigenvalue weighted by molar-refractivity contribution is 0.171. The summed E-state index contributed by atoms with van der Waals surface area (Å²) in [6.07, 6.45) is 5.23. The Morgan fingerprint density at radius 3 is 2.52 bits per heavy atom. The molecular weight excluding hydrogens is 258 g/mol. The number of hydrogen-bond donors (Lipinski definition) is 1. The summed E-state index contributed by atoms with van der Waals surface area (Å²) in [5.41, 5.74) is 1.38. The molecule has 0 aliphatic heterocycles. The van der Waals surface area contributed by atoms with Crippen molar-refractivity contribution in [2.75, 3.05) is 13.7 Å². The molecule has 0 aromatic heterocycles. The molecule has 1 aromatic rings. The fraction of sp³-hybridized carbons (Fsp3) is 0.684. The first kappa shape index (κ1) is 16.4. The van der Waals surface area contributed by atoms with Gasteiger partial charge in [0.15, 0.2) is 0 Å². The number of hydrogen-bond acceptors (Lipinski definition) is 2. The van der Waals surface area contributed by atoms with Crippen molar-refractivity contribution in [1.29, 1.82) is 0 Å². The van der Waals surface area contributed by atoms with Crippen molar-refractivity contribution in [3.63, 3.8) is 0 Å². The number of ether oxygens (including phenoxy) is 1. The lowest BCUT2D eigenvalue weighted by atomic mass is 9.74. The number of benzene rings is 1. The third-order valence-corrected chi connectivity index (χ3v) is 5.00. The van der Waals surface area contributed by atoms with Crippen molar-refractivity contribution in [3.8, 4) is 5.75 Å². The van der Waals surface area contributed by atoms with Crippen molar-refractivity contribution in [1.82, 2.24) is 5.32 Å². The first-order chi connectivity index (χ1) is 10.1. The van der Waals surface area contributed by atoms with Gasteiger partial charge < -0.3 is 10.1 Å². The molecule has 1 aliphatic rings. The van der Waals surface area contributed by atoms with Gasteiger partial charge in [0.05, 0.1) is 7.11 Å². The Balaban J connectivity index is 1.82. The quantitative estimate of drug-likeness (QED) is 0.843. The van der Waals surface area contributed by atoms with Gasteiger partial charge in [-0.2, -0.15) is 0 Å². The van der Waals surface area contributed by atoms with E-state index in [4.69, 9.17) is 4.74 Å². The molecule has 0 heterocycles. The Morgan fingerprint density at radius 1 is 1.19 bits per heavy atom. The molecule has 3 unspecified atom stereocenters. The minimum Gasteiger partial charge on any atom is -0.497 e. The van der Waals surface area contributed by atoms with E-state index >= 15 is 0 Å². The van der Waals surface area contributed by atoms with Crippen molar-refractivity contribution >= 4 is 0 Å². The van der Waals surface area contributed by atoms with Crippen LogP contribution < -0.4 is 10.1 Å². The minimum atomic E-state index is 0.701. The highest BCUT2D eigenvalue weighted by Gasteiger charge is 2.29. The minimum absolute atomic E-state index is 0.701. The Morgan fingerprint density at radius 2 is 1.90 bits per heavy atom. The summed E-state index contributed by atoms with van der Waals surface area (Å²) in [5.74, 6) is 3.44. The topological polar surface area (TPSA) is 21.3 Å². The van der Waals surface area contributed by atoms with Crippen molar-refractivity contribution in [3.05, 3.63) is 29.8 Å². The van der Waals surface area contributed by atoms with E-state index in [9.17, 15) is 0 Å². The molecule has 2 nitrogen and oxygen atoms in total. The van der Waals surface area contributed by atoms with Gasteiger partial charge in [-0.05, 0) is 61.3 Å². The van der Waals surface area contributed by atoms with Crippen LogP contribution in [0.4, 0.5) is 0 Å². The molecule has 0 bridgehead atoms. The molecule has 0 saturated heterocycles. The molecule has 3 atom stereocenters. The fourth-order valence-electron chi connectivity index (χ4n) is 3.63. The first-order valence-electron chi connectivity index (χ1n) is 8.46. The monoisotopic (exact) mass is 289 g/mol. The normalized spacial score (nSPS) is 26.0. The Labute approximate surface area is 130 Å². The molecule has 0 spiro atoms. The van der Waals surface area contributed by atoms with Crippen LogP contribution in [0.25, 0.3) is 0 Å². The summed E-state index contributed by atoms with van der Waals surface area (Å²) in [4.78, 5) is 0. The van der Waals surface area contributed by atoms with Crippen molar-refractivity contribution < 1.29 is 4.74 Å². The van der Waals surface area contributed by atoms with Crippen LogP contribution in [-0.2, 0) is 6.42 Å². The van der Waals surface area contributed by atoms with E-state index in [1.54, 1.807) is 7.11 Å². The van der Waals surface area contributed by atoms with Gasteiger partial charge in [0.2, 0.25) is 0 Å². The highest BCUT2D eigenvalue weighted by atomic mass is 16.5. The summed E-state index contributed by atoms with van der Waals surface area (Å²) >= 11 is 0. The van der Waals surface area contributed by atoms with Gasteiger partial charge >= 0.3 is 0 Å². The van der Waals surface area contributed by atoms with Gasteiger partial charge in [0.25, 0.3) is 0 Å².